The molecular formula is C13H20N2O2. The summed E-state index contributed by atoms with van der Waals surface area (Å²) < 4.78 is 0. The lowest BCUT2D eigenvalue weighted by molar-refractivity contribution is 0.163. The van der Waals surface area contributed by atoms with Crippen LogP contribution in [0.5, 0.6) is 0 Å². The Balaban J connectivity index is 3.07. The molecule has 0 bridgehead atoms. The standard InChI is InChI=1S/C13H20N2O2/c1-12(2,3)13(14,9-15-11(16)17)10-7-5-4-6-8-10/h4-8,15H,9,14H2,1-3H3,(H,16,17)/t13-/m1/s1. The van der Waals surface area contributed by atoms with Crippen molar-refractivity contribution in [3.8, 4) is 0 Å². The zero-order valence-electron chi connectivity index (χ0n) is 10.5. The van der Waals surface area contributed by atoms with Gasteiger partial charge in [-0.05, 0) is 11.0 Å². The Bertz CT molecular complexity index is 384. The van der Waals surface area contributed by atoms with Crippen LogP contribution in [-0.2, 0) is 5.54 Å². The van der Waals surface area contributed by atoms with Gasteiger partial charge in [0, 0.05) is 6.54 Å². The molecule has 0 aliphatic heterocycles. The number of hydrogen-bond acceptors (Lipinski definition) is 2. The number of nitrogens with two attached hydrogens (primary N) is 1. The van der Waals surface area contributed by atoms with Gasteiger partial charge in [0.05, 0.1) is 5.54 Å². The maximum Gasteiger partial charge on any atom is 0.404 e. The van der Waals surface area contributed by atoms with Crippen molar-refractivity contribution >= 4 is 6.09 Å². The minimum atomic E-state index is -1.06. The first kappa shape index (κ1) is 13.5. The maximum absolute atomic E-state index is 10.6. The highest BCUT2D eigenvalue weighted by Gasteiger charge is 2.39. The summed E-state index contributed by atoms with van der Waals surface area (Å²) in [6, 6.07) is 9.58. The number of benzene rings is 1. The molecule has 1 rings (SSSR count). The van der Waals surface area contributed by atoms with Crippen molar-refractivity contribution in [1.82, 2.24) is 5.32 Å². The largest absolute Gasteiger partial charge is 0.465 e. The van der Waals surface area contributed by atoms with Gasteiger partial charge in [-0.2, -0.15) is 0 Å². The van der Waals surface area contributed by atoms with Crippen molar-refractivity contribution in [3.63, 3.8) is 0 Å². The first-order chi connectivity index (χ1) is 7.77. The summed E-state index contributed by atoms with van der Waals surface area (Å²) in [5.74, 6) is 0. The molecule has 0 unspecified atom stereocenters. The minimum absolute atomic E-state index is 0.190. The predicted octanol–water partition coefficient (Wildman–Crippen LogP) is 2.15. The van der Waals surface area contributed by atoms with E-state index in [4.69, 9.17) is 10.8 Å². The topological polar surface area (TPSA) is 75.3 Å². The monoisotopic (exact) mass is 236 g/mol. The van der Waals surface area contributed by atoms with Crippen LogP contribution in [0.25, 0.3) is 0 Å². The summed E-state index contributed by atoms with van der Waals surface area (Å²) >= 11 is 0. The molecule has 0 saturated heterocycles. The van der Waals surface area contributed by atoms with E-state index in [0.717, 1.165) is 5.56 Å². The second kappa shape index (κ2) is 4.75. The number of rotatable bonds is 3. The fraction of sp³-hybridized carbons (Fsp3) is 0.462. The molecule has 1 atom stereocenters. The number of carboxylic acid groups (broad SMARTS) is 1. The van der Waals surface area contributed by atoms with Gasteiger partial charge in [-0.3, -0.25) is 0 Å². The van der Waals surface area contributed by atoms with Crippen molar-refractivity contribution in [2.45, 2.75) is 26.3 Å². The highest BCUT2D eigenvalue weighted by atomic mass is 16.4. The van der Waals surface area contributed by atoms with E-state index in [1.54, 1.807) is 0 Å². The summed E-state index contributed by atoms with van der Waals surface area (Å²) in [4.78, 5) is 10.6. The average molecular weight is 236 g/mol. The number of carbonyl (C=O) groups is 1. The Labute approximate surface area is 102 Å². The highest BCUT2D eigenvalue weighted by Crippen LogP contribution is 2.36. The quantitative estimate of drug-likeness (QED) is 0.752. The fourth-order valence-corrected chi connectivity index (χ4v) is 1.75. The van der Waals surface area contributed by atoms with Crippen LogP contribution in [0.2, 0.25) is 0 Å². The molecule has 0 fully saturated rings. The van der Waals surface area contributed by atoms with Crippen LogP contribution < -0.4 is 11.1 Å². The van der Waals surface area contributed by atoms with Gasteiger partial charge in [-0.1, -0.05) is 51.1 Å². The van der Waals surface area contributed by atoms with Crippen LogP contribution in [0.4, 0.5) is 4.79 Å². The van der Waals surface area contributed by atoms with Crippen molar-refractivity contribution in [3.05, 3.63) is 35.9 Å². The van der Waals surface area contributed by atoms with Gasteiger partial charge in [-0.15, -0.1) is 0 Å². The zero-order chi connectivity index (χ0) is 13.1. The fourth-order valence-electron chi connectivity index (χ4n) is 1.75. The van der Waals surface area contributed by atoms with Gasteiger partial charge < -0.3 is 16.2 Å². The van der Waals surface area contributed by atoms with Crippen LogP contribution in [0.15, 0.2) is 30.3 Å². The second-order valence-electron chi connectivity index (χ2n) is 5.25. The van der Waals surface area contributed by atoms with Crippen molar-refractivity contribution in [1.29, 1.82) is 0 Å². The van der Waals surface area contributed by atoms with Crippen LogP contribution >= 0.6 is 0 Å². The van der Waals surface area contributed by atoms with Gasteiger partial charge in [0.25, 0.3) is 0 Å². The summed E-state index contributed by atoms with van der Waals surface area (Å²) in [6.07, 6.45) is -1.06. The van der Waals surface area contributed by atoms with E-state index in [1.807, 2.05) is 51.1 Å². The Kier molecular flexibility index (Phi) is 3.78. The molecule has 0 spiro atoms. The summed E-state index contributed by atoms with van der Waals surface area (Å²) in [5, 5.41) is 11.1. The maximum atomic E-state index is 10.6. The van der Waals surface area contributed by atoms with Gasteiger partial charge >= 0.3 is 6.09 Å². The average Bonchev–Trinajstić information content (AvgIpc) is 2.25. The molecule has 4 nitrogen and oxygen atoms in total. The molecule has 0 aliphatic rings. The molecule has 94 valence electrons. The molecule has 4 N–H and O–H groups in total. The van der Waals surface area contributed by atoms with Crippen LogP contribution in [0.3, 0.4) is 0 Å². The van der Waals surface area contributed by atoms with Gasteiger partial charge in [0.2, 0.25) is 0 Å². The summed E-state index contributed by atoms with van der Waals surface area (Å²) in [6.45, 7) is 6.20. The Morgan fingerprint density at radius 1 is 1.29 bits per heavy atom. The third-order valence-corrected chi connectivity index (χ3v) is 3.15. The van der Waals surface area contributed by atoms with E-state index in [1.165, 1.54) is 0 Å². The molecule has 4 heteroatoms. The van der Waals surface area contributed by atoms with Crippen molar-refractivity contribution in [2.75, 3.05) is 6.54 Å². The lowest BCUT2D eigenvalue weighted by Crippen LogP contribution is -2.55. The van der Waals surface area contributed by atoms with Gasteiger partial charge in [-0.25, -0.2) is 4.79 Å². The third-order valence-electron chi connectivity index (χ3n) is 3.15. The molecule has 0 aromatic heterocycles. The summed E-state index contributed by atoms with van der Waals surface area (Å²) in [5.41, 5.74) is 6.37. The molecule has 0 heterocycles. The van der Waals surface area contributed by atoms with Crippen LogP contribution in [0, 0.1) is 5.41 Å². The SMILES string of the molecule is CC(C)(C)[C@@](N)(CNC(=O)O)c1ccccc1. The molecule has 1 aromatic rings. The van der Waals surface area contributed by atoms with E-state index in [-0.39, 0.29) is 12.0 Å². The van der Waals surface area contributed by atoms with E-state index in [9.17, 15) is 4.79 Å². The molecule has 1 amide bonds. The second-order valence-corrected chi connectivity index (χ2v) is 5.25. The van der Waals surface area contributed by atoms with Gasteiger partial charge in [0.1, 0.15) is 0 Å². The minimum Gasteiger partial charge on any atom is -0.465 e. The number of nitrogens with one attached hydrogen (secondary N) is 1. The molecule has 1 aromatic carbocycles. The Morgan fingerprint density at radius 3 is 2.24 bits per heavy atom. The molecular weight excluding hydrogens is 216 g/mol. The van der Waals surface area contributed by atoms with Crippen LogP contribution in [0.1, 0.15) is 26.3 Å². The van der Waals surface area contributed by atoms with E-state index >= 15 is 0 Å². The van der Waals surface area contributed by atoms with Crippen molar-refractivity contribution in [2.24, 2.45) is 11.1 Å². The molecule has 0 aliphatic carbocycles. The Hall–Kier alpha value is -1.55. The van der Waals surface area contributed by atoms with E-state index < -0.39 is 11.6 Å². The summed E-state index contributed by atoms with van der Waals surface area (Å²) in [7, 11) is 0. The normalized spacial score (nSPS) is 15.1. The number of amides is 1. The van der Waals surface area contributed by atoms with Crippen LogP contribution in [-0.4, -0.2) is 17.7 Å². The first-order valence-corrected chi connectivity index (χ1v) is 5.58. The highest BCUT2D eigenvalue weighted by molar-refractivity contribution is 5.64. The van der Waals surface area contributed by atoms with Gasteiger partial charge in [0.15, 0.2) is 0 Å². The number of hydrogen-bond donors (Lipinski definition) is 3. The zero-order valence-corrected chi connectivity index (χ0v) is 10.5. The molecule has 0 radical (unpaired) electrons. The lowest BCUT2D eigenvalue weighted by Gasteiger charge is -2.42. The third kappa shape index (κ3) is 2.97. The predicted molar refractivity (Wildman–Crippen MR) is 67.8 cm³/mol. The van der Waals surface area contributed by atoms with E-state index in [2.05, 4.69) is 5.32 Å². The first-order valence-electron chi connectivity index (χ1n) is 5.58. The van der Waals surface area contributed by atoms with E-state index in [0.29, 0.717) is 0 Å². The van der Waals surface area contributed by atoms with Crippen molar-refractivity contribution < 1.29 is 9.90 Å². The Morgan fingerprint density at radius 2 is 1.82 bits per heavy atom. The molecule has 0 saturated carbocycles. The lowest BCUT2D eigenvalue weighted by atomic mass is 9.70. The smallest absolute Gasteiger partial charge is 0.404 e. The molecule has 17 heavy (non-hydrogen) atoms.